The minimum atomic E-state index is -0.110. The smallest absolute Gasteiger partial charge is 0.248 e. The normalized spacial score (nSPS) is 12.1. The lowest BCUT2D eigenvalue weighted by molar-refractivity contribution is -0.115. The van der Waals surface area contributed by atoms with Gasteiger partial charge in [-0.25, -0.2) is 9.67 Å². The van der Waals surface area contributed by atoms with Gasteiger partial charge in [0.15, 0.2) is 0 Å². The summed E-state index contributed by atoms with van der Waals surface area (Å²) < 4.78 is 1.70. The van der Waals surface area contributed by atoms with Crippen molar-refractivity contribution in [1.29, 1.82) is 0 Å². The molecule has 1 amide bonds. The average Bonchev–Trinajstić information content (AvgIpc) is 2.86. The van der Waals surface area contributed by atoms with Crippen LogP contribution in [0.2, 0.25) is 0 Å². The van der Waals surface area contributed by atoms with E-state index in [1.165, 1.54) is 11.8 Å². The van der Waals surface area contributed by atoms with Crippen molar-refractivity contribution in [3.63, 3.8) is 0 Å². The first-order chi connectivity index (χ1) is 9.19. The molecule has 1 aromatic heterocycles. The number of hydrogen-bond acceptors (Lipinski definition) is 4. The summed E-state index contributed by atoms with van der Waals surface area (Å²) in [5.74, 6) is 0.270. The van der Waals surface area contributed by atoms with E-state index in [0.29, 0.717) is 12.5 Å². The predicted molar refractivity (Wildman–Crippen MR) is 77.2 cm³/mol. The summed E-state index contributed by atoms with van der Waals surface area (Å²) in [4.78, 5) is 15.8. The third kappa shape index (κ3) is 3.82. The Labute approximate surface area is 116 Å². The zero-order chi connectivity index (χ0) is 13.7. The Morgan fingerprint density at radius 1 is 1.42 bits per heavy atom. The molecular weight excluding hydrogens is 260 g/mol. The second-order valence-electron chi connectivity index (χ2n) is 4.12. The summed E-state index contributed by atoms with van der Waals surface area (Å²) in [5.41, 5.74) is 1.14. The molecule has 0 spiro atoms. The first-order valence-electron chi connectivity index (χ1n) is 5.96. The minimum absolute atomic E-state index is 0.0787. The zero-order valence-corrected chi connectivity index (χ0v) is 11.7. The van der Waals surface area contributed by atoms with Crippen LogP contribution in [-0.4, -0.2) is 32.2 Å². The molecule has 1 N–H and O–H groups in total. The maximum Gasteiger partial charge on any atom is 0.248 e. The molecular formula is C13H16N4OS. The number of carbonyl (C=O) groups excluding carboxylic acids is 1. The Bertz CT molecular complexity index is 541. The summed E-state index contributed by atoms with van der Waals surface area (Å²) in [7, 11) is 0. The molecule has 5 nitrogen and oxygen atoms in total. The van der Waals surface area contributed by atoms with Crippen molar-refractivity contribution in [2.24, 2.45) is 0 Å². The largest absolute Gasteiger partial charge is 0.292 e. The van der Waals surface area contributed by atoms with Crippen molar-refractivity contribution in [2.45, 2.75) is 18.7 Å². The van der Waals surface area contributed by atoms with Crippen molar-refractivity contribution >= 4 is 23.6 Å². The molecule has 1 heterocycles. The Kier molecular flexibility index (Phi) is 4.57. The van der Waals surface area contributed by atoms with Crippen LogP contribution in [0.15, 0.2) is 36.7 Å². The van der Waals surface area contributed by atoms with Gasteiger partial charge in [0.1, 0.15) is 6.33 Å². The quantitative estimate of drug-likeness (QED) is 0.907. The highest BCUT2D eigenvalue weighted by Gasteiger charge is 2.13. The lowest BCUT2D eigenvalue weighted by atomic mass is 10.2. The standard InChI is InChI=1S/C13H16N4OS/c1-10(19-2)12(18)15-13-14-9-17(16-13)8-11-6-4-3-5-7-11/h3-7,9-10H,8H2,1-2H3,(H,15,16,18)/t10-/m1/s1. The summed E-state index contributed by atoms with van der Waals surface area (Å²) in [6.45, 7) is 2.49. The van der Waals surface area contributed by atoms with Gasteiger partial charge < -0.3 is 0 Å². The van der Waals surface area contributed by atoms with Crippen LogP contribution in [0.4, 0.5) is 5.95 Å². The fraction of sp³-hybridized carbons (Fsp3) is 0.308. The van der Waals surface area contributed by atoms with E-state index in [-0.39, 0.29) is 11.2 Å². The van der Waals surface area contributed by atoms with E-state index in [1.807, 2.05) is 43.5 Å². The molecule has 2 aromatic rings. The van der Waals surface area contributed by atoms with E-state index in [2.05, 4.69) is 15.4 Å². The van der Waals surface area contributed by atoms with Gasteiger partial charge in [-0.2, -0.15) is 11.8 Å². The van der Waals surface area contributed by atoms with Crippen molar-refractivity contribution in [3.05, 3.63) is 42.2 Å². The Hall–Kier alpha value is -1.82. The van der Waals surface area contributed by atoms with Crippen molar-refractivity contribution in [3.8, 4) is 0 Å². The lowest BCUT2D eigenvalue weighted by Crippen LogP contribution is -2.22. The molecule has 19 heavy (non-hydrogen) atoms. The van der Waals surface area contributed by atoms with Gasteiger partial charge in [-0.15, -0.1) is 5.10 Å². The van der Waals surface area contributed by atoms with Crippen LogP contribution in [-0.2, 0) is 11.3 Å². The number of amides is 1. The second kappa shape index (κ2) is 6.38. The lowest BCUT2D eigenvalue weighted by Gasteiger charge is -2.06. The third-order valence-corrected chi connectivity index (χ3v) is 3.60. The molecule has 2 rings (SSSR count). The fourth-order valence-electron chi connectivity index (χ4n) is 1.52. The van der Waals surface area contributed by atoms with Crippen molar-refractivity contribution in [2.75, 3.05) is 11.6 Å². The molecule has 0 saturated heterocycles. The molecule has 0 aliphatic carbocycles. The second-order valence-corrected chi connectivity index (χ2v) is 5.30. The zero-order valence-electron chi connectivity index (χ0n) is 10.9. The first kappa shape index (κ1) is 13.6. The molecule has 0 bridgehead atoms. The molecule has 100 valence electrons. The topological polar surface area (TPSA) is 59.8 Å². The number of nitrogens with one attached hydrogen (secondary N) is 1. The highest BCUT2D eigenvalue weighted by molar-refractivity contribution is 7.99. The number of rotatable bonds is 5. The Morgan fingerprint density at radius 3 is 2.84 bits per heavy atom. The van der Waals surface area contributed by atoms with E-state index in [1.54, 1.807) is 11.0 Å². The average molecular weight is 276 g/mol. The van der Waals surface area contributed by atoms with Gasteiger partial charge >= 0.3 is 0 Å². The van der Waals surface area contributed by atoms with Crippen LogP contribution in [0.25, 0.3) is 0 Å². The van der Waals surface area contributed by atoms with Gasteiger partial charge in [-0.3, -0.25) is 10.1 Å². The van der Waals surface area contributed by atoms with Crippen LogP contribution in [0.5, 0.6) is 0 Å². The SMILES string of the molecule is CS[C@H](C)C(=O)Nc1ncn(Cc2ccccc2)n1. The maximum absolute atomic E-state index is 11.7. The Balaban J connectivity index is 1.98. The van der Waals surface area contributed by atoms with Gasteiger partial charge in [0.25, 0.3) is 0 Å². The van der Waals surface area contributed by atoms with E-state index in [0.717, 1.165) is 5.56 Å². The molecule has 1 aromatic carbocycles. The highest BCUT2D eigenvalue weighted by atomic mass is 32.2. The fourth-order valence-corrected chi connectivity index (χ4v) is 1.79. The van der Waals surface area contributed by atoms with Gasteiger partial charge in [0, 0.05) is 0 Å². The Morgan fingerprint density at radius 2 is 2.16 bits per heavy atom. The maximum atomic E-state index is 11.7. The van der Waals surface area contributed by atoms with Crippen molar-refractivity contribution < 1.29 is 4.79 Å². The third-order valence-electron chi connectivity index (χ3n) is 2.68. The molecule has 0 aliphatic heterocycles. The number of aromatic nitrogens is 3. The van der Waals surface area contributed by atoms with Crippen molar-refractivity contribution in [1.82, 2.24) is 14.8 Å². The summed E-state index contributed by atoms with van der Waals surface area (Å²) in [5, 5.41) is 6.81. The highest BCUT2D eigenvalue weighted by Crippen LogP contribution is 2.08. The number of carbonyl (C=O) groups is 1. The van der Waals surface area contributed by atoms with Gasteiger partial charge in [0.05, 0.1) is 11.8 Å². The minimum Gasteiger partial charge on any atom is -0.292 e. The van der Waals surface area contributed by atoms with E-state index < -0.39 is 0 Å². The molecule has 0 radical (unpaired) electrons. The van der Waals surface area contributed by atoms with Gasteiger partial charge in [0.2, 0.25) is 11.9 Å². The number of anilines is 1. The van der Waals surface area contributed by atoms with Gasteiger partial charge in [-0.05, 0) is 18.7 Å². The summed E-state index contributed by atoms with van der Waals surface area (Å²) >= 11 is 1.49. The number of hydrogen-bond donors (Lipinski definition) is 1. The summed E-state index contributed by atoms with van der Waals surface area (Å²) in [6, 6.07) is 9.98. The van der Waals surface area contributed by atoms with E-state index >= 15 is 0 Å². The van der Waals surface area contributed by atoms with Gasteiger partial charge in [-0.1, -0.05) is 30.3 Å². The molecule has 0 saturated carbocycles. The number of benzene rings is 1. The van der Waals surface area contributed by atoms with Crippen LogP contribution >= 0.6 is 11.8 Å². The monoisotopic (exact) mass is 276 g/mol. The molecule has 0 fully saturated rings. The molecule has 0 unspecified atom stereocenters. The van der Waals surface area contributed by atoms with E-state index in [9.17, 15) is 4.79 Å². The number of nitrogens with zero attached hydrogens (tertiary/aromatic N) is 3. The predicted octanol–water partition coefficient (Wildman–Crippen LogP) is 2.02. The molecule has 1 atom stereocenters. The number of thioether (sulfide) groups is 1. The van der Waals surface area contributed by atoms with Crippen LogP contribution < -0.4 is 5.32 Å². The summed E-state index contributed by atoms with van der Waals surface area (Å²) in [6.07, 6.45) is 3.51. The van der Waals surface area contributed by atoms with E-state index in [4.69, 9.17) is 0 Å². The molecule has 0 aliphatic rings. The first-order valence-corrected chi connectivity index (χ1v) is 7.25. The molecule has 6 heteroatoms. The van der Waals surface area contributed by atoms with Crippen LogP contribution in [0, 0.1) is 0 Å². The van der Waals surface area contributed by atoms with Crippen LogP contribution in [0.1, 0.15) is 12.5 Å². The van der Waals surface area contributed by atoms with Crippen LogP contribution in [0.3, 0.4) is 0 Å².